The minimum absolute atomic E-state index is 0.672. The Labute approximate surface area is 120 Å². The topological polar surface area (TPSA) is 29.9 Å². The smallest absolute Gasteiger partial charge is 0.112 e. The Balaban J connectivity index is 1.81. The minimum Gasteiger partial charge on any atom is -0.385 e. The van der Waals surface area contributed by atoms with Crippen LogP contribution >= 0.6 is 0 Å². The molecule has 1 aliphatic carbocycles. The molecule has 0 atom stereocenters. The van der Waals surface area contributed by atoms with Gasteiger partial charge in [-0.1, -0.05) is 19.3 Å². The number of nitrogens with zero attached hydrogens (tertiary/aromatic N) is 2. The van der Waals surface area contributed by atoms with Gasteiger partial charge < -0.3 is 9.88 Å². The number of aryl methyl sites for hydroxylation is 2. The third-order valence-electron chi connectivity index (χ3n) is 5.05. The zero-order valence-corrected chi connectivity index (χ0v) is 12.3. The molecule has 1 aromatic carbocycles. The second-order valence-electron chi connectivity index (χ2n) is 6.39. The van der Waals surface area contributed by atoms with E-state index in [1.54, 1.807) is 0 Å². The number of anilines is 1. The van der Waals surface area contributed by atoms with Gasteiger partial charge in [-0.2, -0.15) is 0 Å². The van der Waals surface area contributed by atoms with E-state index in [0.717, 1.165) is 6.54 Å². The molecule has 0 amide bonds. The lowest BCUT2D eigenvalue weighted by molar-refractivity contribution is 0.423. The van der Waals surface area contributed by atoms with Gasteiger partial charge in [-0.15, -0.1) is 0 Å². The van der Waals surface area contributed by atoms with Gasteiger partial charge in [-0.25, -0.2) is 4.98 Å². The van der Waals surface area contributed by atoms with Crippen molar-refractivity contribution in [3.05, 3.63) is 23.5 Å². The van der Waals surface area contributed by atoms with Crippen LogP contribution in [0.4, 0.5) is 5.69 Å². The second kappa shape index (κ2) is 4.80. The summed E-state index contributed by atoms with van der Waals surface area (Å²) in [5.74, 6) is 1.98. The first-order valence-electron chi connectivity index (χ1n) is 8.06. The van der Waals surface area contributed by atoms with Gasteiger partial charge in [-0.05, 0) is 43.4 Å². The number of nitrogens with one attached hydrogen (secondary N) is 1. The fraction of sp³-hybridized carbons (Fsp3) is 0.588. The Morgan fingerprint density at radius 1 is 1.15 bits per heavy atom. The van der Waals surface area contributed by atoms with Crippen molar-refractivity contribution in [3.63, 3.8) is 0 Å². The Hall–Kier alpha value is -1.51. The molecule has 1 aromatic heterocycles. The summed E-state index contributed by atoms with van der Waals surface area (Å²) >= 11 is 0. The van der Waals surface area contributed by atoms with Crippen LogP contribution in [0.3, 0.4) is 0 Å². The van der Waals surface area contributed by atoms with Gasteiger partial charge in [0.05, 0.1) is 11.0 Å². The van der Waals surface area contributed by atoms with Crippen LogP contribution in [0.25, 0.3) is 11.0 Å². The van der Waals surface area contributed by atoms with Gasteiger partial charge in [0, 0.05) is 25.2 Å². The largest absolute Gasteiger partial charge is 0.385 e. The molecule has 0 radical (unpaired) electrons. The SMILES string of the molecule is Cn1c(C2CCCCC2)nc2cc3c(cc21)NCCC3. The van der Waals surface area contributed by atoms with Gasteiger partial charge in [0.15, 0.2) is 0 Å². The van der Waals surface area contributed by atoms with Crippen LogP contribution in [0.15, 0.2) is 12.1 Å². The highest BCUT2D eigenvalue weighted by atomic mass is 15.1. The molecule has 2 aromatic rings. The number of hydrogen-bond acceptors (Lipinski definition) is 2. The zero-order valence-electron chi connectivity index (χ0n) is 12.3. The molecule has 20 heavy (non-hydrogen) atoms. The lowest BCUT2D eigenvalue weighted by Gasteiger charge is -2.21. The first-order chi connectivity index (χ1) is 9.83. The third-order valence-corrected chi connectivity index (χ3v) is 5.05. The number of imidazole rings is 1. The van der Waals surface area contributed by atoms with Crippen LogP contribution in [-0.2, 0) is 13.5 Å². The number of aromatic nitrogens is 2. The molecule has 3 heteroatoms. The van der Waals surface area contributed by atoms with Crippen LogP contribution in [0.1, 0.15) is 55.8 Å². The number of rotatable bonds is 1. The van der Waals surface area contributed by atoms with Gasteiger partial charge >= 0.3 is 0 Å². The maximum Gasteiger partial charge on any atom is 0.112 e. The molecular formula is C17H23N3. The summed E-state index contributed by atoms with van der Waals surface area (Å²) in [5.41, 5.74) is 5.24. The maximum atomic E-state index is 4.98. The standard InChI is InChI=1S/C17H23N3/c1-20-16-11-14-13(8-5-9-18-14)10-15(16)19-17(20)12-6-3-2-4-7-12/h10-12,18H,2-9H2,1H3. The Morgan fingerprint density at radius 2 is 2.00 bits per heavy atom. The van der Waals surface area contributed by atoms with Crippen LogP contribution in [0.2, 0.25) is 0 Å². The first-order valence-corrected chi connectivity index (χ1v) is 8.06. The van der Waals surface area contributed by atoms with E-state index in [1.165, 1.54) is 73.1 Å². The lowest BCUT2D eigenvalue weighted by atomic mass is 9.89. The molecule has 0 bridgehead atoms. The van der Waals surface area contributed by atoms with Crippen molar-refractivity contribution in [2.75, 3.05) is 11.9 Å². The number of hydrogen-bond donors (Lipinski definition) is 1. The van der Waals surface area contributed by atoms with Crippen molar-refractivity contribution in [3.8, 4) is 0 Å². The van der Waals surface area contributed by atoms with E-state index in [4.69, 9.17) is 4.98 Å². The molecule has 2 heterocycles. The summed E-state index contributed by atoms with van der Waals surface area (Å²) in [5, 5.41) is 3.53. The van der Waals surface area contributed by atoms with Crippen LogP contribution in [-0.4, -0.2) is 16.1 Å². The number of benzene rings is 1. The van der Waals surface area contributed by atoms with Gasteiger partial charge in [-0.3, -0.25) is 0 Å². The van der Waals surface area contributed by atoms with Crippen LogP contribution in [0, 0.1) is 0 Å². The van der Waals surface area contributed by atoms with E-state index < -0.39 is 0 Å². The van der Waals surface area contributed by atoms with Crippen LogP contribution < -0.4 is 5.32 Å². The third kappa shape index (κ3) is 1.91. The van der Waals surface area contributed by atoms with E-state index >= 15 is 0 Å². The molecule has 1 N–H and O–H groups in total. The molecule has 0 unspecified atom stereocenters. The minimum atomic E-state index is 0.672. The fourth-order valence-electron chi connectivity index (χ4n) is 3.90. The maximum absolute atomic E-state index is 4.98. The van der Waals surface area contributed by atoms with Crippen molar-refractivity contribution in [2.24, 2.45) is 7.05 Å². The average molecular weight is 269 g/mol. The molecular weight excluding hydrogens is 246 g/mol. The normalized spacial score (nSPS) is 19.9. The van der Waals surface area contributed by atoms with Crippen molar-refractivity contribution < 1.29 is 0 Å². The highest BCUT2D eigenvalue weighted by molar-refractivity contribution is 5.82. The van der Waals surface area contributed by atoms with E-state index in [2.05, 4.69) is 29.1 Å². The van der Waals surface area contributed by atoms with Crippen molar-refractivity contribution >= 4 is 16.7 Å². The molecule has 106 valence electrons. The average Bonchev–Trinajstić information content (AvgIpc) is 2.83. The molecule has 0 spiro atoms. The Morgan fingerprint density at radius 3 is 2.85 bits per heavy atom. The van der Waals surface area contributed by atoms with Gasteiger partial charge in [0.25, 0.3) is 0 Å². The molecule has 1 saturated carbocycles. The summed E-state index contributed by atoms with van der Waals surface area (Å²) in [6, 6.07) is 4.62. The summed E-state index contributed by atoms with van der Waals surface area (Å²) in [7, 11) is 2.19. The molecule has 4 rings (SSSR count). The van der Waals surface area contributed by atoms with E-state index in [-0.39, 0.29) is 0 Å². The van der Waals surface area contributed by atoms with Crippen molar-refractivity contribution in [2.45, 2.75) is 50.9 Å². The monoisotopic (exact) mass is 269 g/mol. The van der Waals surface area contributed by atoms with Gasteiger partial charge in [0.2, 0.25) is 0 Å². The summed E-state index contributed by atoms with van der Waals surface area (Å²) in [6.45, 7) is 1.10. The van der Waals surface area contributed by atoms with E-state index in [9.17, 15) is 0 Å². The van der Waals surface area contributed by atoms with Crippen molar-refractivity contribution in [1.29, 1.82) is 0 Å². The summed E-state index contributed by atoms with van der Waals surface area (Å²) in [4.78, 5) is 4.98. The van der Waals surface area contributed by atoms with Crippen LogP contribution in [0.5, 0.6) is 0 Å². The van der Waals surface area contributed by atoms with E-state index in [0.29, 0.717) is 5.92 Å². The number of fused-ring (bicyclic) bond motifs is 2. The Kier molecular flexibility index (Phi) is 2.94. The zero-order chi connectivity index (χ0) is 13.5. The molecule has 2 aliphatic rings. The first kappa shape index (κ1) is 12.2. The van der Waals surface area contributed by atoms with E-state index in [1.807, 2.05) is 0 Å². The molecule has 1 aliphatic heterocycles. The highest BCUT2D eigenvalue weighted by Crippen LogP contribution is 2.35. The van der Waals surface area contributed by atoms with Crippen molar-refractivity contribution in [1.82, 2.24) is 9.55 Å². The fourth-order valence-corrected chi connectivity index (χ4v) is 3.90. The molecule has 3 nitrogen and oxygen atoms in total. The summed E-state index contributed by atoms with van der Waals surface area (Å²) in [6.07, 6.45) is 9.19. The summed E-state index contributed by atoms with van der Waals surface area (Å²) < 4.78 is 2.34. The Bertz CT molecular complexity index is 635. The van der Waals surface area contributed by atoms with Gasteiger partial charge in [0.1, 0.15) is 5.82 Å². The lowest BCUT2D eigenvalue weighted by Crippen LogP contribution is -2.11. The second-order valence-corrected chi connectivity index (χ2v) is 6.39. The quantitative estimate of drug-likeness (QED) is 0.848. The molecule has 0 saturated heterocycles. The highest BCUT2D eigenvalue weighted by Gasteiger charge is 2.22. The molecule has 1 fully saturated rings. The predicted octanol–water partition coefficient (Wildman–Crippen LogP) is 3.98. The predicted molar refractivity (Wildman–Crippen MR) is 83.4 cm³/mol.